The maximum absolute atomic E-state index is 12.4. The van der Waals surface area contributed by atoms with Gasteiger partial charge in [0.1, 0.15) is 11.5 Å². The molecule has 0 fully saturated rings. The van der Waals surface area contributed by atoms with Crippen LogP contribution in [0.4, 0.5) is 5.69 Å². The van der Waals surface area contributed by atoms with Gasteiger partial charge in [0.25, 0.3) is 5.91 Å². The molecule has 0 aliphatic heterocycles. The molecule has 3 aromatic carbocycles. The minimum atomic E-state index is -0.529. The first-order valence-corrected chi connectivity index (χ1v) is 9.16. The monoisotopic (exact) mass is 377 g/mol. The van der Waals surface area contributed by atoms with Crippen molar-refractivity contribution < 1.29 is 15.0 Å². The Bertz CT molecular complexity index is 1030. The quantitative estimate of drug-likeness (QED) is 0.450. The summed E-state index contributed by atoms with van der Waals surface area (Å²) in [5.41, 5.74) is 3.93. The van der Waals surface area contributed by atoms with Crippen molar-refractivity contribution in [2.24, 2.45) is 5.10 Å². The minimum Gasteiger partial charge on any atom is -0.507 e. The lowest BCUT2D eigenvalue weighted by Crippen LogP contribution is -2.21. The number of nitrogens with zero attached hydrogens (tertiary/aromatic N) is 2. The van der Waals surface area contributed by atoms with Crippen LogP contribution in [0, 0.1) is 0 Å². The van der Waals surface area contributed by atoms with Gasteiger partial charge in [-0.2, -0.15) is 5.10 Å². The molecule has 0 bridgehead atoms. The summed E-state index contributed by atoms with van der Waals surface area (Å²) in [5.74, 6) is -0.562. The zero-order chi connectivity index (χ0) is 20.1. The lowest BCUT2D eigenvalue weighted by Gasteiger charge is -2.21. The van der Waals surface area contributed by atoms with E-state index in [1.165, 1.54) is 6.21 Å². The van der Waals surface area contributed by atoms with Gasteiger partial charge in [0.15, 0.2) is 0 Å². The predicted molar refractivity (Wildman–Crippen MR) is 112 cm³/mol. The van der Waals surface area contributed by atoms with E-state index in [1.807, 2.05) is 44.2 Å². The van der Waals surface area contributed by atoms with Crippen molar-refractivity contribution in [3.63, 3.8) is 0 Å². The van der Waals surface area contributed by atoms with Crippen LogP contribution in [0.15, 0.2) is 59.7 Å². The molecule has 0 heterocycles. The number of hydrogen-bond acceptors (Lipinski definition) is 5. The molecule has 0 saturated heterocycles. The van der Waals surface area contributed by atoms with Gasteiger partial charge in [-0.15, -0.1) is 0 Å². The maximum Gasteiger partial charge on any atom is 0.275 e. The van der Waals surface area contributed by atoms with E-state index in [0.29, 0.717) is 5.56 Å². The number of nitrogens with one attached hydrogen (secondary N) is 1. The predicted octanol–water partition coefficient (Wildman–Crippen LogP) is 3.86. The second kappa shape index (κ2) is 8.43. The first-order valence-electron chi connectivity index (χ1n) is 9.16. The number of hydrogen-bond donors (Lipinski definition) is 3. The largest absolute Gasteiger partial charge is 0.507 e. The van der Waals surface area contributed by atoms with Crippen LogP contribution in [0.5, 0.6) is 11.5 Å². The fourth-order valence-corrected chi connectivity index (χ4v) is 3.06. The van der Waals surface area contributed by atoms with Gasteiger partial charge in [0, 0.05) is 30.4 Å². The molecule has 0 unspecified atom stereocenters. The molecule has 0 aliphatic carbocycles. The Morgan fingerprint density at radius 3 is 2.32 bits per heavy atom. The van der Waals surface area contributed by atoms with E-state index in [9.17, 15) is 15.0 Å². The number of amides is 1. The van der Waals surface area contributed by atoms with E-state index in [2.05, 4.69) is 15.4 Å². The van der Waals surface area contributed by atoms with Crippen LogP contribution in [0.1, 0.15) is 29.8 Å². The number of hydrazone groups is 1. The second-order valence-corrected chi connectivity index (χ2v) is 6.33. The molecule has 0 aliphatic rings. The number of aromatic hydroxyl groups is 2. The van der Waals surface area contributed by atoms with Gasteiger partial charge in [-0.25, -0.2) is 5.43 Å². The molecule has 0 spiro atoms. The van der Waals surface area contributed by atoms with Crippen molar-refractivity contribution in [2.75, 3.05) is 18.0 Å². The van der Waals surface area contributed by atoms with E-state index < -0.39 is 5.91 Å². The van der Waals surface area contributed by atoms with Crippen molar-refractivity contribution in [3.8, 4) is 11.5 Å². The summed E-state index contributed by atoms with van der Waals surface area (Å²) < 4.78 is 0. The van der Waals surface area contributed by atoms with Crippen LogP contribution in [0.3, 0.4) is 0 Å². The molecule has 3 rings (SSSR count). The zero-order valence-electron chi connectivity index (χ0n) is 15.9. The number of rotatable bonds is 6. The standard InChI is InChI=1S/C22H23N3O3/c1-3-25(4-2)18-10-9-17(20(26)13-18)14-23-24-22(28)19-11-15-7-5-6-8-16(15)12-21(19)27/h5-14,26-27H,3-4H2,1-2H3,(H,24,28). The summed E-state index contributed by atoms with van der Waals surface area (Å²) in [6, 6.07) is 15.9. The number of anilines is 1. The maximum atomic E-state index is 12.4. The summed E-state index contributed by atoms with van der Waals surface area (Å²) >= 11 is 0. The summed E-state index contributed by atoms with van der Waals surface area (Å²) in [4.78, 5) is 14.5. The zero-order valence-corrected chi connectivity index (χ0v) is 15.9. The smallest absolute Gasteiger partial charge is 0.275 e. The van der Waals surface area contributed by atoms with Crippen LogP contribution in [0.25, 0.3) is 10.8 Å². The highest BCUT2D eigenvalue weighted by Gasteiger charge is 2.12. The van der Waals surface area contributed by atoms with E-state index in [0.717, 1.165) is 29.5 Å². The van der Waals surface area contributed by atoms with Crippen molar-refractivity contribution in [1.82, 2.24) is 5.43 Å². The van der Waals surface area contributed by atoms with Gasteiger partial charge in [-0.1, -0.05) is 24.3 Å². The van der Waals surface area contributed by atoms with Gasteiger partial charge in [0.05, 0.1) is 11.8 Å². The van der Waals surface area contributed by atoms with Crippen molar-refractivity contribution in [2.45, 2.75) is 13.8 Å². The molecule has 3 aromatic rings. The van der Waals surface area contributed by atoms with Gasteiger partial charge >= 0.3 is 0 Å². The number of phenols is 2. The van der Waals surface area contributed by atoms with Gasteiger partial charge < -0.3 is 15.1 Å². The molecule has 0 radical (unpaired) electrons. The van der Waals surface area contributed by atoms with E-state index in [-0.39, 0.29) is 17.1 Å². The van der Waals surface area contributed by atoms with E-state index in [4.69, 9.17) is 0 Å². The molecule has 28 heavy (non-hydrogen) atoms. The Hall–Kier alpha value is -3.54. The molecule has 144 valence electrons. The van der Waals surface area contributed by atoms with Crippen LogP contribution in [-0.2, 0) is 0 Å². The molecular formula is C22H23N3O3. The van der Waals surface area contributed by atoms with Crippen molar-refractivity contribution >= 4 is 28.6 Å². The van der Waals surface area contributed by atoms with E-state index >= 15 is 0 Å². The highest BCUT2D eigenvalue weighted by Crippen LogP contribution is 2.25. The topological polar surface area (TPSA) is 85.2 Å². The average molecular weight is 377 g/mol. The Labute approximate surface area is 163 Å². The molecule has 0 atom stereocenters. The van der Waals surface area contributed by atoms with Crippen LogP contribution in [-0.4, -0.2) is 35.4 Å². The molecule has 0 aromatic heterocycles. The molecular weight excluding hydrogens is 354 g/mol. The van der Waals surface area contributed by atoms with Crippen LogP contribution < -0.4 is 10.3 Å². The third kappa shape index (κ3) is 4.06. The Morgan fingerprint density at radius 2 is 1.68 bits per heavy atom. The number of phenolic OH excluding ortho intramolecular Hbond substituents is 2. The number of fused-ring (bicyclic) bond motifs is 1. The van der Waals surface area contributed by atoms with Crippen LogP contribution in [0.2, 0.25) is 0 Å². The highest BCUT2D eigenvalue weighted by atomic mass is 16.3. The van der Waals surface area contributed by atoms with Gasteiger partial charge in [0.2, 0.25) is 0 Å². The fourth-order valence-electron chi connectivity index (χ4n) is 3.06. The SMILES string of the molecule is CCN(CC)c1ccc(C=NNC(=O)c2cc3ccccc3cc2O)c(O)c1. The van der Waals surface area contributed by atoms with Gasteiger partial charge in [-0.3, -0.25) is 4.79 Å². The number of carbonyl (C=O) groups excluding carboxylic acids is 1. The first-order chi connectivity index (χ1) is 13.5. The highest BCUT2D eigenvalue weighted by molar-refractivity contribution is 6.01. The normalized spacial score (nSPS) is 11.1. The summed E-state index contributed by atoms with van der Waals surface area (Å²) in [6.45, 7) is 5.78. The molecule has 3 N–H and O–H groups in total. The second-order valence-electron chi connectivity index (χ2n) is 6.33. The number of benzene rings is 3. The summed E-state index contributed by atoms with van der Waals surface area (Å²) in [6.07, 6.45) is 1.37. The molecule has 6 heteroatoms. The van der Waals surface area contributed by atoms with Gasteiger partial charge in [-0.05, 0) is 48.9 Å². The Morgan fingerprint density at radius 1 is 1.00 bits per heavy atom. The third-order valence-electron chi connectivity index (χ3n) is 4.62. The van der Waals surface area contributed by atoms with Crippen LogP contribution >= 0.6 is 0 Å². The molecule has 0 saturated carbocycles. The average Bonchev–Trinajstić information content (AvgIpc) is 2.69. The minimum absolute atomic E-state index is 0.0796. The molecule has 1 amide bonds. The third-order valence-corrected chi connectivity index (χ3v) is 4.62. The number of carbonyl (C=O) groups is 1. The van der Waals surface area contributed by atoms with Crippen molar-refractivity contribution in [1.29, 1.82) is 0 Å². The lowest BCUT2D eigenvalue weighted by atomic mass is 10.1. The Kier molecular flexibility index (Phi) is 5.79. The Balaban J connectivity index is 1.74. The van der Waals surface area contributed by atoms with Crippen molar-refractivity contribution in [3.05, 3.63) is 65.7 Å². The fraction of sp³-hybridized carbons (Fsp3) is 0.182. The molecule has 6 nitrogen and oxygen atoms in total. The van der Waals surface area contributed by atoms with E-state index in [1.54, 1.807) is 24.3 Å². The first kappa shape index (κ1) is 19.2. The lowest BCUT2D eigenvalue weighted by molar-refractivity contribution is 0.0952. The summed E-state index contributed by atoms with van der Waals surface area (Å²) in [7, 11) is 0. The summed E-state index contributed by atoms with van der Waals surface area (Å²) in [5, 5.41) is 25.9.